The molecule has 114 valence electrons. The van der Waals surface area contributed by atoms with Crippen LogP contribution in [-0.2, 0) is 4.84 Å². The van der Waals surface area contributed by atoms with Crippen LogP contribution in [0.5, 0.6) is 5.75 Å². The third kappa shape index (κ3) is 2.14. The second-order valence-corrected chi connectivity index (χ2v) is 5.13. The maximum atomic E-state index is 12.5. The number of carbonyl (C=O) groups excluding carboxylic acids is 2. The Balaban J connectivity index is 2.11. The van der Waals surface area contributed by atoms with Crippen molar-refractivity contribution in [2.75, 3.05) is 13.7 Å². The minimum Gasteiger partial charge on any atom is -0.496 e. The van der Waals surface area contributed by atoms with Crippen molar-refractivity contribution in [3.63, 3.8) is 0 Å². The predicted molar refractivity (Wildman–Crippen MR) is 81.9 cm³/mol. The van der Waals surface area contributed by atoms with Crippen LogP contribution in [0.15, 0.2) is 30.3 Å². The van der Waals surface area contributed by atoms with Crippen molar-refractivity contribution >= 4 is 22.6 Å². The fraction of sp³-hybridized carbons (Fsp3) is 0.294. The van der Waals surface area contributed by atoms with Crippen LogP contribution in [0.3, 0.4) is 0 Å². The lowest BCUT2D eigenvalue weighted by Gasteiger charge is -2.26. The molecule has 0 aromatic heterocycles. The number of benzene rings is 2. The first kappa shape index (κ1) is 14.5. The monoisotopic (exact) mass is 299 g/mol. The molecular formula is C17H17NO4. The van der Waals surface area contributed by atoms with Crippen LogP contribution < -0.4 is 4.74 Å². The van der Waals surface area contributed by atoms with Gasteiger partial charge in [-0.3, -0.25) is 14.4 Å². The Kier molecular flexibility index (Phi) is 3.81. The van der Waals surface area contributed by atoms with Gasteiger partial charge in [-0.05, 0) is 24.6 Å². The zero-order valence-corrected chi connectivity index (χ0v) is 12.6. The van der Waals surface area contributed by atoms with E-state index in [2.05, 4.69) is 0 Å². The van der Waals surface area contributed by atoms with E-state index in [4.69, 9.17) is 9.57 Å². The smallest absolute Gasteiger partial charge is 0.285 e. The summed E-state index contributed by atoms with van der Waals surface area (Å²) >= 11 is 0. The lowest BCUT2D eigenvalue weighted by atomic mass is 9.94. The molecule has 0 unspecified atom stereocenters. The van der Waals surface area contributed by atoms with Crippen molar-refractivity contribution in [3.8, 4) is 5.75 Å². The summed E-state index contributed by atoms with van der Waals surface area (Å²) in [6.07, 6.45) is 1.72. The summed E-state index contributed by atoms with van der Waals surface area (Å²) in [4.78, 5) is 30.5. The number of hydrogen-bond acceptors (Lipinski definition) is 4. The maximum absolute atomic E-state index is 12.5. The molecule has 0 aliphatic carbocycles. The summed E-state index contributed by atoms with van der Waals surface area (Å²) in [5.74, 6) is -0.207. The van der Waals surface area contributed by atoms with E-state index in [1.54, 1.807) is 31.4 Å². The van der Waals surface area contributed by atoms with E-state index >= 15 is 0 Å². The average Bonchev–Trinajstić information content (AvgIpc) is 2.55. The Morgan fingerprint density at radius 2 is 1.77 bits per heavy atom. The van der Waals surface area contributed by atoms with Gasteiger partial charge in [-0.1, -0.05) is 25.5 Å². The molecule has 0 saturated carbocycles. The number of hydroxylamine groups is 2. The van der Waals surface area contributed by atoms with Crippen LogP contribution >= 0.6 is 0 Å². The van der Waals surface area contributed by atoms with Crippen LogP contribution in [0.4, 0.5) is 0 Å². The Morgan fingerprint density at radius 3 is 2.45 bits per heavy atom. The van der Waals surface area contributed by atoms with Gasteiger partial charge in [-0.15, -0.1) is 5.06 Å². The molecule has 2 aromatic rings. The van der Waals surface area contributed by atoms with Crippen LogP contribution in [-0.4, -0.2) is 30.6 Å². The SMILES string of the molecule is CCCCON1C(=O)c2cccc3c(OC)ccc(c23)C1=O. The molecule has 1 aliphatic rings. The fourth-order valence-corrected chi connectivity index (χ4v) is 2.64. The molecule has 1 aliphatic heterocycles. The highest BCUT2D eigenvalue weighted by Gasteiger charge is 2.34. The van der Waals surface area contributed by atoms with Gasteiger partial charge in [0.05, 0.1) is 24.8 Å². The van der Waals surface area contributed by atoms with E-state index in [-0.39, 0.29) is 0 Å². The van der Waals surface area contributed by atoms with E-state index in [9.17, 15) is 9.59 Å². The number of unbranched alkanes of at least 4 members (excludes halogenated alkanes) is 1. The summed E-state index contributed by atoms with van der Waals surface area (Å²) in [5, 5.41) is 2.26. The maximum Gasteiger partial charge on any atom is 0.285 e. The normalized spacial score (nSPS) is 13.8. The summed E-state index contributed by atoms with van der Waals surface area (Å²) in [7, 11) is 1.57. The van der Waals surface area contributed by atoms with Crippen LogP contribution in [0, 0.1) is 0 Å². The number of hydrogen-bond donors (Lipinski definition) is 0. The Morgan fingerprint density at radius 1 is 1.05 bits per heavy atom. The molecule has 0 atom stereocenters. The summed E-state index contributed by atoms with van der Waals surface area (Å²) < 4.78 is 5.32. The molecule has 1 heterocycles. The highest BCUT2D eigenvalue weighted by atomic mass is 16.7. The average molecular weight is 299 g/mol. The van der Waals surface area contributed by atoms with Gasteiger partial charge in [0.15, 0.2) is 0 Å². The largest absolute Gasteiger partial charge is 0.496 e. The second kappa shape index (κ2) is 5.77. The highest BCUT2D eigenvalue weighted by molar-refractivity contribution is 6.25. The molecular weight excluding hydrogens is 282 g/mol. The Hall–Kier alpha value is -2.40. The van der Waals surface area contributed by atoms with Crippen molar-refractivity contribution in [2.45, 2.75) is 19.8 Å². The summed E-state index contributed by atoms with van der Waals surface area (Å²) in [6, 6.07) is 8.74. The van der Waals surface area contributed by atoms with Gasteiger partial charge in [-0.2, -0.15) is 0 Å². The number of imide groups is 1. The number of amides is 2. The topological polar surface area (TPSA) is 55.8 Å². The summed E-state index contributed by atoms with van der Waals surface area (Å²) in [5.41, 5.74) is 0.921. The van der Waals surface area contributed by atoms with Crippen molar-refractivity contribution in [1.82, 2.24) is 5.06 Å². The number of nitrogens with zero attached hydrogens (tertiary/aromatic N) is 1. The predicted octanol–water partition coefficient (Wildman–Crippen LogP) is 3.18. The molecule has 0 bridgehead atoms. The Bertz CT molecular complexity index is 731. The highest BCUT2D eigenvalue weighted by Crippen LogP contribution is 2.35. The minimum absolute atomic E-state index is 0.343. The van der Waals surface area contributed by atoms with E-state index in [1.807, 2.05) is 13.0 Å². The minimum atomic E-state index is -0.424. The molecule has 2 amide bonds. The van der Waals surface area contributed by atoms with Gasteiger partial charge in [0.25, 0.3) is 11.8 Å². The van der Waals surface area contributed by atoms with Gasteiger partial charge < -0.3 is 4.74 Å². The molecule has 0 saturated heterocycles. The van der Waals surface area contributed by atoms with Crippen molar-refractivity contribution < 1.29 is 19.2 Å². The van der Waals surface area contributed by atoms with E-state index in [0.717, 1.165) is 23.3 Å². The van der Waals surface area contributed by atoms with E-state index in [1.165, 1.54) is 0 Å². The van der Waals surface area contributed by atoms with Crippen LogP contribution in [0.25, 0.3) is 10.8 Å². The molecule has 5 heteroatoms. The third-order valence-corrected chi connectivity index (χ3v) is 3.77. The van der Waals surface area contributed by atoms with E-state index in [0.29, 0.717) is 28.9 Å². The number of rotatable bonds is 5. The van der Waals surface area contributed by atoms with Gasteiger partial charge >= 0.3 is 0 Å². The standard InChI is InChI=1S/C17H17NO4/c1-3-4-10-22-18-16(19)12-7-5-6-11-14(21-2)9-8-13(15(11)12)17(18)20/h5-9H,3-4,10H2,1-2H3. The molecule has 2 aromatic carbocycles. The van der Waals surface area contributed by atoms with Crippen LogP contribution in [0.2, 0.25) is 0 Å². The van der Waals surface area contributed by atoms with Gasteiger partial charge in [0.1, 0.15) is 5.75 Å². The molecule has 0 fully saturated rings. The first-order valence-electron chi connectivity index (χ1n) is 7.30. The first-order chi connectivity index (χ1) is 10.7. The van der Waals surface area contributed by atoms with Crippen molar-refractivity contribution in [2.24, 2.45) is 0 Å². The van der Waals surface area contributed by atoms with Gasteiger partial charge in [0.2, 0.25) is 0 Å². The molecule has 0 N–H and O–H groups in total. The fourth-order valence-electron chi connectivity index (χ4n) is 2.64. The molecule has 3 rings (SSSR count). The second-order valence-electron chi connectivity index (χ2n) is 5.13. The lowest BCUT2D eigenvalue weighted by Crippen LogP contribution is -2.40. The first-order valence-corrected chi connectivity index (χ1v) is 7.30. The van der Waals surface area contributed by atoms with Gasteiger partial charge in [-0.25, -0.2) is 0 Å². The molecule has 0 radical (unpaired) electrons. The quantitative estimate of drug-likeness (QED) is 0.628. The molecule has 0 spiro atoms. The Labute approximate surface area is 128 Å². The molecule has 5 nitrogen and oxygen atoms in total. The lowest BCUT2D eigenvalue weighted by molar-refractivity contribution is -0.0958. The van der Waals surface area contributed by atoms with Crippen LogP contribution in [0.1, 0.15) is 40.5 Å². The summed E-state index contributed by atoms with van der Waals surface area (Å²) in [6.45, 7) is 2.36. The molecule has 22 heavy (non-hydrogen) atoms. The zero-order valence-electron chi connectivity index (χ0n) is 12.6. The van der Waals surface area contributed by atoms with Crippen molar-refractivity contribution in [1.29, 1.82) is 0 Å². The number of methoxy groups -OCH3 is 1. The number of ether oxygens (including phenoxy) is 1. The number of carbonyl (C=O) groups is 2. The third-order valence-electron chi connectivity index (χ3n) is 3.77. The van der Waals surface area contributed by atoms with Gasteiger partial charge in [0, 0.05) is 10.8 Å². The zero-order chi connectivity index (χ0) is 15.7. The van der Waals surface area contributed by atoms with E-state index < -0.39 is 11.8 Å². The van der Waals surface area contributed by atoms with Crippen molar-refractivity contribution in [3.05, 3.63) is 41.5 Å².